The van der Waals surface area contributed by atoms with Crippen molar-refractivity contribution in [2.45, 2.75) is 39.2 Å². The largest absolute Gasteiger partial charge is 0.370 e. The van der Waals surface area contributed by atoms with Gasteiger partial charge in [0, 0.05) is 19.1 Å². The zero-order valence-electron chi connectivity index (χ0n) is 10.5. The number of hydrogen-bond acceptors (Lipinski definition) is 3. The molecule has 1 N–H and O–H groups in total. The smallest absolute Gasteiger partial charge is 0.248 e. The number of rotatable bonds is 6. The van der Waals surface area contributed by atoms with Gasteiger partial charge in [-0.05, 0) is 33.2 Å². The molecule has 0 aromatic carbocycles. The Morgan fingerprint density at radius 2 is 2.12 bits per heavy atom. The number of hydrogen-bond donors (Lipinski definition) is 1. The fraction of sp³-hybridized carbons (Fsp3) is 0.917. The van der Waals surface area contributed by atoms with E-state index in [0.717, 1.165) is 19.6 Å². The molecule has 1 rings (SSSR count). The number of nitrogens with one attached hydrogen (secondary N) is 1. The van der Waals surface area contributed by atoms with Gasteiger partial charge in [-0.1, -0.05) is 6.42 Å². The van der Waals surface area contributed by atoms with Crippen LogP contribution in [0.25, 0.3) is 0 Å². The van der Waals surface area contributed by atoms with Gasteiger partial charge in [-0.3, -0.25) is 4.79 Å². The first-order valence-corrected chi connectivity index (χ1v) is 6.36. The third-order valence-corrected chi connectivity index (χ3v) is 3.07. The van der Waals surface area contributed by atoms with Crippen LogP contribution in [-0.4, -0.2) is 49.7 Å². The fourth-order valence-electron chi connectivity index (χ4n) is 2.02. The molecular weight excluding hydrogens is 204 g/mol. The SMILES string of the molecule is CCN(CC)C(=O)COCC1CCCCN1. The summed E-state index contributed by atoms with van der Waals surface area (Å²) in [5.41, 5.74) is 0. The topological polar surface area (TPSA) is 41.6 Å². The zero-order valence-corrected chi connectivity index (χ0v) is 10.5. The predicted octanol–water partition coefficient (Wildman–Crippen LogP) is 1.01. The third kappa shape index (κ3) is 4.49. The Labute approximate surface area is 98.3 Å². The molecule has 0 radical (unpaired) electrons. The van der Waals surface area contributed by atoms with Crippen LogP contribution in [0.3, 0.4) is 0 Å². The Bertz CT molecular complexity index is 199. The van der Waals surface area contributed by atoms with Crippen molar-refractivity contribution >= 4 is 5.91 Å². The van der Waals surface area contributed by atoms with Gasteiger partial charge < -0.3 is 15.0 Å². The maximum absolute atomic E-state index is 11.6. The highest BCUT2D eigenvalue weighted by atomic mass is 16.5. The van der Waals surface area contributed by atoms with Crippen LogP contribution in [0, 0.1) is 0 Å². The van der Waals surface area contributed by atoms with Gasteiger partial charge in [-0.2, -0.15) is 0 Å². The zero-order chi connectivity index (χ0) is 11.8. The Kier molecular flexibility index (Phi) is 6.42. The molecule has 0 aromatic rings. The van der Waals surface area contributed by atoms with Crippen LogP contribution >= 0.6 is 0 Å². The highest BCUT2D eigenvalue weighted by Crippen LogP contribution is 2.06. The van der Waals surface area contributed by atoms with Gasteiger partial charge in [0.1, 0.15) is 6.61 Å². The van der Waals surface area contributed by atoms with Crippen molar-refractivity contribution in [2.75, 3.05) is 32.8 Å². The lowest BCUT2D eigenvalue weighted by Crippen LogP contribution is -2.39. The van der Waals surface area contributed by atoms with E-state index in [-0.39, 0.29) is 12.5 Å². The van der Waals surface area contributed by atoms with Crippen LogP contribution in [0.15, 0.2) is 0 Å². The highest BCUT2D eigenvalue weighted by Gasteiger charge is 2.14. The summed E-state index contributed by atoms with van der Waals surface area (Å²) in [7, 11) is 0. The van der Waals surface area contributed by atoms with Crippen molar-refractivity contribution in [1.82, 2.24) is 10.2 Å². The maximum Gasteiger partial charge on any atom is 0.248 e. The van der Waals surface area contributed by atoms with E-state index in [4.69, 9.17) is 4.74 Å². The van der Waals surface area contributed by atoms with E-state index in [9.17, 15) is 4.79 Å². The summed E-state index contributed by atoms with van der Waals surface area (Å²) in [6.45, 7) is 7.47. The lowest BCUT2D eigenvalue weighted by Gasteiger charge is -2.24. The van der Waals surface area contributed by atoms with Crippen molar-refractivity contribution in [3.05, 3.63) is 0 Å². The first-order valence-electron chi connectivity index (χ1n) is 6.36. The van der Waals surface area contributed by atoms with E-state index >= 15 is 0 Å². The molecular formula is C12H24N2O2. The molecule has 94 valence electrons. The summed E-state index contributed by atoms with van der Waals surface area (Å²) in [6, 6.07) is 0.443. The first-order chi connectivity index (χ1) is 7.77. The minimum absolute atomic E-state index is 0.0980. The molecule has 16 heavy (non-hydrogen) atoms. The van der Waals surface area contributed by atoms with Gasteiger partial charge in [0.25, 0.3) is 0 Å². The van der Waals surface area contributed by atoms with Crippen LogP contribution < -0.4 is 5.32 Å². The molecule has 1 fully saturated rings. The molecule has 1 aliphatic rings. The van der Waals surface area contributed by atoms with Crippen LogP contribution in [0.5, 0.6) is 0 Å². The van der Waals surface area contributed by atoms with Gasteiger partial charge in [0.05, 0.1) is 6.61 Å². The van der Waals surface area contributed by atoms with Crippen molar-refractivity contribution < 1.29 is 9.53 Å². The second kappa shape index (κ2) is 7.63. The van der Waals surface area contributed by atoms with E-state index in [1.165, 1.54) is 19.3 Å². The van der Waals surface area contributed by atoms with Crippen LogP contribution in [0.4, 0.5) is 0 Å². The summed E-state index contributed by atoms with van der Waals surface area (Å²) in [5, 5.41) is 3.40. The van der Waals surface area contributed by atoms with Crippen LogP contribution in [-0.2, 0) is 9.53 Å². The Balaban J connectivity index is 2.11. The normalized spacial score (nSPS) is 20.8. The molecule has 0 bridgehead atoms. The molecule has 0 aromatic heterocycles. The van der Waals surface area contributed by atoms with Gasteiger partial charge in [-0.15, -0.1) is 0 Å². The van der Waals surface area contributed by atoms with Gasteiger partial charge in [0.15, 0.2) is 0 Å². The van der Waals surface area contributed by atoms with E-state index in [1.54, 1.807) is 4.90 Å². The predicted molar refractivity (Wildman–Crippen MR) is 64.4 cm³/mol. The van der Waals surface area contributed by atoms with Crippen LogP contribution in [0.2, 0.25) is 0 Å². The second-order valence-corrected chi connectivity index (χ2v) is 4.23. The number of nitrogens with zero attached hydrogens (tertiary/aromatic N) is 1. The molecule has 4 heteroatoms. The third-order valence-electron chi connectivity index (χ3n) is 3.07. The quantitative estimate of drug-likeness (QED) is 0.738. The molecule has 1 heterocycles. The van der Waals surface area contributed by atoms with Crippen molar-refractivity contribution in [3.8, 4) is 0 Å². The van der Waals surface area contributed by atoms with Crippen molar-refractivity contribution in [2.24, 2.45) is 0 Å². The summed E-state index contributed by atoms with van der Waals surface area (Å²) in [6.07, 6.45) is 3.69. The van der Waals surface area contributed by atoms with E-state index in [2.05, 4.69) is 5.32 Å². The first kappa shape index (κ1) is 13.5. The van der Waals surface area contributed by atoms with E-state index in [0.29, 0.717) is 12.6 Å². The van der Waals surface area contributed by atoms with E-state index in [1.807, 2.05) is 13.8 Å². The number of ether oxygens (including phenoxy) is 1. The molecule has 1 amide bonds. The van der Waals surface area contributed by atoms with Gasteiger partial charge >= 0.3 is 0 Å². The molecule has 1 unspecified atom stereocenters. The molecule has 0 saturated carbocycles. The lowest BCUT2D eigenvalue weighted by molar-refractivity contribution is -0.136. The molecule has 1 saturated heterocycles. The van der Waals surface area contributed by atoms with Crippen LogP contribution in [0.1, 0.15) is 33.1 Å². The molecule has 0 spiro atoms. The number of carbonyl (C=O) groups is 1. The molecule has 1 aliphatic heterocycles. The fourth-order valence-corrected chi connectivity index (χ4v) is 2.02. The Morgan fingerprint density at radius 1 is 1.38 bits per heavy atom. The van der Waals surface area contributed by atoms with Crippen molar-refractivity contribution in [1.29, 1.82) is 0 Å². The lowest BCUT2D eigenvalue weighted by atomic mass is 10.1. The summed E-state index contributed by atoms with van der Waals surface area (Å²) >= 11 is 0. The average molecular weight is 228 g/mol. The van der Waals surface area contributed by atoms with Crippen molar-refractivity contribution in [3.63, 3.8) is 0 Å². The second-order valence-electron chi connectivity index (χ2n) is 4.23. The monoisotopic (exact) mass is 228 g/mol. The number of carbonyl (C=O) groups excluding carboxylic acids is 1. The molecule has 4 nitrogen and oxygen atoms in total. The summed E-state index contributed by atoms with van der Waals surface area (Å²) in [5.74, 6) is 0.0980. The van der Waals surface area contributed by atoms with Gasteiger partial charge in [-0.25, -0.2) is 0 Å². The minimum atomic E-state index is 0.0980. The summed E-state index contributed by atoms with van der Waals surface area (Å²) in [4.78, 5) is 13.4. The average Bonchev–Trinajstić information content (AvgIpc) is 2.32. The Hall–Kier alpha value is -0.610. The summed E-state index contributed by atoms with van der Waals surface area (Å²) < 4.78 is 5.47. The number of amides is 1. The van der Waals surface area contributed by atoms with E-state index < -0.39 is 0 Å². The molecule has 1 atom stereocenters. The number of likely N-dealkylation sites (N-methyl/N-ethyl adjacent to an activating group) is 1. The standard InChI is InChI=1S/C12H24N2O2/c1-3-14(4-2)12(15)10-16-9-11-7-5-6-8-13-11/h11,13H,3-10H2,1-2H3. The highest BCUT2D eigenvalue weighted by molar-refractivity contribution is 5.77. The Morgan fingerprint density at radius 3 is 2.69 bits per heavy atom. The minimum Gasteiger partial charge on any atom is -0.370 e. The number of piperidine rings is 1. The van der Waals surface area contributed by atoms with Gasteiger partial charge in [0.2, 0.25) is 5.91 Å². The molecule has 0 aliphatic carbocycles. The maximum atomic E-state index is 11.6.